The van der Waals surface area contributed by atoms with Crippen LogP contribution in [0.3, 0.4) is 0 Å². The van der Waals surface area contributed by atoms with Crippen LogP contribution in [0, 0.1) is 0 Å². The van der Waals surface area contributed by atoms with Gasteiger partial charge in [0.1, 0.15) is 22.7 Å². The summed E-state index contributed by atoms with van der Waals surface area (Å²) in [5.74, 6) is 1.89. The molecule has 0 saturated heterocycles. The van der Waals surface area contributed by atoms with Crippen LogP contribution in [0.4, 0.5) is 0 Å². The predicted octanol–water partition coefficient (Wildman–Crippen LogP) is 6.88. The number of benzene rings is 3. The van der Waals surface area contributed by atoms with Crippen molar-refractivity contribution in [1.29, 1.82) is 0 Å². The van der Waals surface area contributed by atoms with Gasteiger partial charge in [-0.05, 0) is 65.1 Å². The summed E-state index contributed by atoms with van der Waals surface area (Å²) in [7, 11) is 0. The van der Waals surface area contributed by atoms with Gasteiger partial charge in [0.15, 0.2) is 0 Å². The third kappa shape index (κ3) is 6.79. The van der Waals surface area contributed by atoms with E-state index in [1.54, 1.807) is 0 Å². The minimum Gasteiger partial charge on any atom is -0.488 e. The molecular weight excluding hydrogens is 320 g/mol. The monoisotopic (exact) mass is 350 g/mol. The highest BCUT2D eigenvalue weighted by Crippen LogP contribution is 2.28. The van der Waals surface area contributed by atoms with Crippen molar-refractivity contribution < 1.29 is 9.47 Å². The first-order valence-corrected chi connectivity index (χ1v) is 9.05. The van der Waals surface area contributed by atoms with Gasteiger partial charge in [-0.15, -0.1) is 0 Å². The van der Waals surface area contributed by atoms with E-state index in [0.29, 0.717) is 0 Å². The smallest absolute Gasteiger partial charge is 0.127 e. The molecule has 0 radical (unpaired) electrons. The average molecular weight is 351 g/mol. The van der Waals surface area contributed by atoms with Gasteiger partial charge in [-0.3, -0.25) is 0 Å². The molecule has 0 aromatic heterocycles. The Morgan fingerprint density at radius 1 is 0.538 bits per heavy atom. The molecule has 0 atom stereocenters. The Balaban J connectivity index is 0.000000197. The molecule has 0 amide bonds. The summed E-state index contributed by atoms with van der Waals surface area (Å²) in [6.45, 7) is 12.3. The van der Waals surface area contributed by atoms with Gasteiger partial charge < -0.3 is 9.47 Å². The summed E-state index contributed by atoms with van der Waals surface area (Å²) in [5.41, 5.74) is -0.245. The fraction of sp³-hybridized carbons (Fsp3) is 0.333. The topological polar surface area (TPSA) is 18.5 Å². The Labute approximate surface area is 157 Å². The first kappa shape index (κ1) is 19.8. The van der Waals surface area contributed by atoms with E-state index in [-0.39, 0.29) is 11.2 Å². The van der Waals surface area contributed by atoms with Crippen molar-refractivity contribution in [3.8, 4) is 11.5 Å². The lowest BCUT2D eigenvalue weighted by Crippen LogP contribution is -2.23. The molecule has 0 saturated carbocycles. The number of rotatable bonds is 2. The number of para-hydroxylation sites is 1. The summed E-state index contributed by atoms with van der Waals surface area (Å²) < 4.78 is 11.5. The highest BCUT2D eigenvalue weighted by atomic mass is 16.5. The highest BCUT2D eigenvalue weighted by Gasteiger charge is 2.13. The van der Waals surface area contributed by atoms with Gasteiger partial charge in [0.05, 0.1) is 0 Å². The minimum atomic E-state index is -0.149. The maximum Gasteiger partial charge on any atom is 0.127 e. The molecule has 0 spiro atoms. The van der Waals surface area contributed by atoms with Crippen LogP contribution >= 0.6 is 0 Å². The largest absolute Gasteiger partial charge is 0.488 e. The van der Waals surface area contributed by atoms with Crippen molar-refractivity contribution in [2.24, 2.45) is 0 Å². The molecule has 0 heterocycles. The van der Waals surface area contributed by atoms with Crippen molar-refractivity contribution in [2.45, 2.75) is 52.7 Å². The Kier molecular flexibility index (Phi) is 6.31. The fourth-order valence-electron chi connectivity index (χ4n) is 2.46. The van der Waals surface area contributed by atoms with Crippen LogP contribution in [0.1, 0.15) is 41.5 Å². The summed E-state index contributed by atoms with van der Waals surface area (Å²) >= 11 is 0. The van der Waals surface area contributed by atoms with E-state index in [1.807, 2.05) is 75.4 Å². The normalized spacial score (nSPS) is 11.5. The van der Waals surface area contributed by atoms with Crippen LogP contribution in [0.2, 0.25) is 0 Å². The van der Waals surface area contributed by atoms with Gasteiger partial charge in [-0.1, -0.05) is 54.6 Å². The zero-order chi connectivity index (χ0) is 19.2. The standard InChI is InChI=1S/C14H16O.C10H14O/c1-14(2,3)15-13-10-6-8-11-7-4-5-9-12(11)13;1-10(2,3)11-9-7-5-4-6-8-9/h4-10H,1-3H3;4-8H,1-3H3. The number of hydrogen-bond acceptors (Lipinski definition) is 2. The van der Waals surface area contributed by atoms with Crippen molar-refractivity contribution >= 4 is 10.8 Å². The van der Waals surface area contributed by atoms with Crippen LogP contribution in [0.5, 0.6) is 11.5 Å². The third-order valence-corrected chi connectivity index (χ3v) is 3.33. The van der Waals surface area contributed by atoms with Crippen molar-refractivity contribution in [1.82, 2.24) is 0 Å². The molecule has 0 unspecified atom stereocenters. The molecule has 0 fully saturated rings. The van der Waals surface area contributed by atoms with Crippen LogP contribution < -0.4 is 9.47 Å². The number of ether oxygens (including phenoxy) is 2. The Hall–Kier alpha value is -2.48. The zero-order valence-corrected chi connectivity index (χ0v) is 16.7. The third-order valence-electron chi connectivity index (χ3n) is 3.33. The Morgan fingerprint density at radius 2 is 1.08 bits per heavy atom. The van der Waals surface area contributed by atoms with E-state index < -0.39 is 0 Å². The molecular formula is C24H30O2. The molecule has 2 heteroatoms. The van der Waals surface area contributed by atoms with E-state index in [4.69, 9.17) is 9.47 Å². The van der Waals surface area contributed by atoms with Gasteiger partial charge in [0.2, 0.25) is 0 Å². The molecule has 3 aromatic carbocycles. The maximum atomic E-state index is 5.91. The molecule has 0 aliphatic carbocycles. The second kappa shape index (κ2) is 8.27. The van der Waals surface area contributed by atoms with Crippen LogP contribution in [-0.2, 0) is 0 Å². The van der Waals surface area contributed by atoms with E-state index in [0.717, 1.165) is 11.5 Å². The summed E-state index contributed by atoms with van der Waals surface area (Å²) in [4.78, 5) is 0. The van der Waals surface area contributed by atoms with Crippen LogP contribution in [0.15, 0.2) is 72.8 Å². The lowest BCUT2D eigenvalue weighted by Gasteiger charge is -2.22. The first-order chi connectivity index (χ1) is 12.1. The van der Waals surface area contributed by atoms with E-state index in [9.17, 15) is 0 Å². The summed E-state index contributed by atoms with van der Waals surface area (Å²) in [6, 6.07) is 24.3. The fourth-order valence-corrected chi connectivity index (χ4v) is 2.46. The molecule has 0 N–H and O–H groups in total. The molecule has 2 nitrogen and oxygen atoms in total. The quantitative estimate of drug-likeness (QED) is 0.501. The van der Waals surface area contributed by atoms with E-state index in [2.05, 4.69) is 39.0 Å². The predicted molar refractivity (Wildman–Crippen MR) is 111 cm³/mol. The van der Waals surface area contributed by atoms with Crippen molar-refractivity contribution in [3.63, 3.8) is 0 Å². The highest BCUT2D eigenvalue weighted by molar-refractivity contribution is 5.88. The second-order valence-corrected chi connectivity index (χ2v) is 8.22. The molecule has 0 aliphatic heterocycles. The number of hydrogen-bond donors (Lipinski definition) is 0. The Bertz CT molecular complexity index is 803. The van der Waals surface area contributed by atoms with Crippen molar-refractivity contribution in [2.75, 3.05) is 0 Å². The maximum absolute atomic E-state index is 5.91. The van der Waals surface area contributed by atoms with Gasteiger partial charge in [-0.25, -0.2) is 0 Å². The molecule has 0 aliphatic rings. The average Bonchev–Trinajstić information content (AvgIpc) is 2.54. The molecule has 0 bridgehead atoms. The van der Waals surface area contributed by atoms with E-state index in [1.165, 1.54) is 10.8 Å². The van der Waals surface area contributed by atoms with Crippen molar-refractivity contribution in [3.05, 3.63) is 72.8 Å². The summed E-state index contributed by atoms with van der Waals surface area (Å²) in [5, 5.41) is 2.40. The second-order valence-electron chi connectivity index (χ2n) is 8.22. The van der Waals surface area contributed by atoms with Gasteiger partial charge in [0, 0.05) is 5.39 Å². The van der Waals surface area contributed by atoms with Gasteiger partial charge >= 0.3 is 0 Å². The Morgan fingerprint density at radius 3 is 1.69 bits per heavy atom. The first-order valence-electron chi connectivity index (χ1n) is 9.05. The molecule has 3 aromatic rings. The number of fused-ring (bicyclic) bond motifs is 1. The lowest BCUT2D eigenvalue weighted by molar-refractivity contribution is 0.131. The molecule has 26 heavy (non-hydrogen) atoms. The molecule has 3 rings (SSSR count). The van der Waals surface area contributed by atoms with Gasteiger partial charge in [-0.2, -0.15) is 0 Å². The van der Waals surface area contributed by atoms with Gasteiger partial charge in [0.25, 0.3) is 0 Å². The minimum absolute atomic E-state index is 0.0959. The SMILES string of the molecule is CC(C)(C)Oc1cccc2ccccc12.CC(C)(C)Oc1ccccc1. The zero-order valence-electron chi connectivity index (χ0n) is 16.7. The van der Waals surface area contributed by atoms with E-state index >= 15 is 0 Å². The van der Waals surface area contributed by atoms with Crippen LogP contribution in [-0.4, -0.2) is 11.2 Å². The molecule has 138 valence electrons. The van der Waals surface area contributed by atoms with Crippen LogP contribution in [0.25, 0.3) is 10.8 Å². The summed E-state index contributed by atoms with van der Waals surface area (Å²) in [6.07, 6.45) is 0. The lowest BCUT2D eigenvalue weighted by atomic mass is 10.1.